The number of aryl methyl sites for hydroxylation is 2. The van der Waals surface area contributed by atoms with Crippen molar-refractivity contribution >= 4 is 21.6 Å². The lowest BCUT2D eigenvalue weighted by Gasteiger charge is -2.10. The average molecular weight is 347 g/mol. The summed E-state index contributed by atoms with van der Waals surface area (Å²) in [6, 6.07) is 10.1. The minimum absolute atomic E-state index is 0.0917. The van der Waals surface area contributed by atoms with Gasteiger partial charge in [-0.15, -0.1) is 0 Å². The van der Waals surface area contributed by atoms with Crippen LogP contribution in [0.25, 0.3) is 0 Å². The van der Waals surface area contributed by atoms with Crippen LogP contribution in [0.1, 0.15) is 16.7 Å². The third kappa shape index (κ3) is 3.38. The van der Waals surface area contributed by atoms with E-state index in [1.165, 1.54) is 12.1 Å². The van der Waals surface area contributed by atoms with Crippen LogP contribution in [0.3, 0.4) is 0 Å². The molecule has 0 fully saturated rings. The van der Waals surface area contributed by atoms with Gasteiger partial charge in [0.1, 0.15) is 5.75 Å². The van der Waals surface area contributed by atoms with Gasteiger partial charge >= 0.3 is 5.69 Å². The van der Waals surface area contributed by atoms with Crippen molar-refractivity contribution in [3.05, 3.63) is 61.6 Å². The zero-order chi connectivity index (χ0) is 15.6. The number of benzene rings is 2. The van der Waals surface area contributed by atoms with Crippen molar-refractivity contribution in [3.63, 3.8) is 0 Å². The molecule has 0 saturated heterocycles. The number of nitriles is 1. The van der Waals surface area contributed by atoms with Crippen molar-refractivity contribution < 1.29 is 9.66 Å². The van der Waals surface area contributed by atoms with Gasteiger partial charge in [0.05, 0.1) is 16.6 Å². The first kappa shape index (κ1) is 15.0. The molecular weight excluding hydrogens is 336 g/mol. The van der Waals surface area contributed by atoms with Gasteiger partial charge in [0.2, 0.25) is 5.75 Å². The van der Waals surface area contributed by atoms with Crippen LogP contribution in [0.15, 0.2) is 34.8 Å². The number of nitrogens with zero attached hydrogens (tertiary/aromatic N) is 2. The van der Waals surface area contributed by atoms with Gasteiger partial charge in [-0.3, -0.25) is 10.1 Å². The second-order valence-electron chi connectivity index (χ2n) is 4.58. The molecular formula is C15H11BrN2O3. The van der Waals surface area contributed by atoms with E-state index in [1.807, 2.05) is 12.1 Å². The maximum atomic E-state index is 11.2. The predicted molar refractivity (Wildman–Crippen MR) is 81.5 cm³/mol. The Hall–Kier alpha value is -2.39. The van der Waals surface area contributed by atoms with Crippen LogP contribution in [0.2, 0.25) is 0 Å². The Kier molecular flexibility index (Phi) is 4.24. The summed E-state index contributed by atoms with van der Waals surface area (Å²) in [5.74, 6) is 0.559. The largest absolute Gasteiger partial charge is 0.450 e. The molecule has 106 valence electrons. The number of nitro groups is 1. The number of halogens is 1. The molecule has 0 heterocycles. The van der Waals surface area contributed by atoms with Crippen LogP contribution in [0.5, 0.6) is 11.5 Å². The molecule has 0 amide bonds. The van der Waals surface area contributed by atoms with Crippen molar-refractivity contribution in [1.82, 2.24) is 0 Å². The average Bonchev–Trinajstić information content (AvgIpc) is 2.40. The summed E-state index contributed by atoms with van der Waals surface area (Å²) in [5, 5.41) is 20.1. The van der Waals surface area contributed by atoms with Crippen molar-refractivity contribution in [1.29, 1.82) is 5.26 Å². The summed E-state index contributed by atoms with van der Waals surface area (Å²) in [7, 11) is 0. The number of hydrogen-bond acceptors (Lipinski definition) is 4. The van der Waals surface area contributed by atoms with Crippen LogP contribution < -0.4 is 4.74 Å². The number of nitro benzene ring substituents is 1. The van der Waals surface area contributed by atoms with Gasteiger partial charge in [-0.25, -0.2) is 0 Å². The Morgan fingerprint density at radius 3 is 2.57 bits per heavy atom. The molecule has 0 atom stereocenters. The lowest BCUT2D eigenvalue weighted by Crippen LogP contribution is -1.97. The second-order valence-corrected chi connectivity index (χ2v) is 5.49. The summed E-state index contributed by atoms with van der Waals surface area (Å²) in [4.78, 5) is 10.7. The van der Waals surface area contributed by atoms with E-state index in [0.29, 0.717) is 21.3 Å². The zero-order valence-corrected chi connectivity index (χ0v) is 13.0. The lowest BCUT2D eigenvalue weighted by atomic mass is 10.1. The van der Waals surface area contributed by atoms with Gasteiger partial charge in [0.15, 0.2) is 0 Å². The fourth-order valence-electron chi connectivity index (χ4n) is 2.00. The molecule has 0 aliphatic rings. The Morgan fingerprint density at radius 2 is 1.95 bits per heavy atom. The third-order valence-electron chi connectivity index (χ3n) is 2.82. The van der Waals surface area contributed by atoms with E-state index in [1.54, 1.807) is 26.0 Å². The standard InChI is InChI=1S/C15H11BrN2O3/c1-9-3-10(2)15(14(4-9)18(19)20)21-13-6-11(8-17)5-12(16)7-13/h3-7H,1-2H3. The summed E-state index contributed by atoms with van der Waals surface area (Å²) in [6.45, 7) is 3.54. The molecule has 5 nitrogen and oxygen atoms in total. The van der Waals surface area contributed by atoms with Crippen LogP contribution in [0.4, 0.5) is 5.69 Å². The monoisotopic (exact) mass is 346 g/mol. The molecule has 6 heteroatoms. The molecule has 0 aliphatic heterocycles. The van der Waals surface area contributed by atoms with Crippen LogP contribution >= 0.6 is 15.9 Å². The van der Waals surface area contributed by atoms with Crippen LogP contribution in [0, 0.1) is 35.3 Å². The van der Waals surface area contributed by atoms with Crippen molar-refractivity contribution in [2.45, 2.75) is 13.8 Å². The molecule has 21 heavy (non-hydrogen) atoms. The summed E-state index contributed by atoms with van der Waals surface area (Å²) in [6.07, 6.45) is 0. The van der Waals surface area contributed by atoms with Crippen molar-refractivity contribution in [3.8, 4) is 17.6 Å². The topological polar surface area (TPSA) is 76.2 Å². The molecule has 2 aromatic rings. The third-order valence-corrected chi connectivity index (χ3v) is 3.27. The van der Waals surface area contributed by atoms with Crippen molar-refractivity contribution in [2.75, 3.05) is 0 Å². The summed E-state index contributed by atoms with van der Waals surface area (Å²) < 4.78 is 6.33. The van der Waals surface area contributed by atoms with Gasteiger partial charge in [0, 0.05) is 10.5 Å². The molecule has 0 radical (unpaired) electrons. The number of hydrogen-bond donors (Lipinski definition) is 0. The molecule has 0 saturated carbocycles. The van der Waals surface area contributed by atoms with E-state index in [-0.39, 0.29) is 11.4 Å². The SMILES string of the molecule is Cc1cc(C)c(Oc2cc(Br)cc(C#N)c2)c([N+](=O)[O-])c1. The minimum Gasteiger partial charge on any atom is -0.450 e. The van der Waals surface area contributed by atoms with Gasteiger partial charge in [-0.05, 0) is 43.2 Å². The van der Waals surface area contributed by atoms with Gasteiger partial charge in [0.25, 0.3) is 0 Å². The molecule has 0 N–H and O–H groups in total. The Morgan fingerprint density at radius 1 is 1.24 bits per heavy atom. The van der Waals surface area contributed by atoms with E-state index in [2.05, 4.69) is 15.9 Å². The normalized spacial score (nSPS) is 10.0. The van der Waals surface area contributed by atoms with E-state index in [4.69, 9.17) is 10.00 Å². The Balaban J connectivity index is 2.52. The maximum absolute atomic E-state index is 11.2. The molecule has 0 aromatic heterocycles. The highest BCUT2D eigenvalue weighted by Gasteiger charge is 2.19. The second kappa shape index (κ2) is 5.94. The van der Waals surface area contributed by atoms with Crippen LogP contribution in [-0.4, -0.2) is 4.92 Å². The smallest absolute Gasteiger partial charge is 0.312 e. The zero-order valence-electron chi connectivity index (χ0n) is 11.4. The quantitative estimate of drug-likeness (QED) is 0.599. The summed E-state index contributed by atoms with van der Waals surface area (Å²) in [5.41, 5.74) is 1.77. The van der Waals surface area contributed by atoms with E-state index in [9.17, 15) is 10.1 Å². The van der Waals surface area contributed by atoms with E-state index >= 15 is 0 Å². The molecule has 2 rings (SSSR count). The fourth-order valence-corrected chi connectivity index (χ4v) is 2.48. The molecule has 0 aliphatic carbocycles. The van der Waals surface area contributed by atoms with Crippen LogP contribution in [-0.2, 0) is 0 Å². The molecule has 2 aromatic carbocycles. The Labute approximate surface area is 130 Å². The van der Waals surface area contributed by atoms with E-state index in [0.717, 1.165) is 5.56 Å². The van der Waals surface area contributed by atoms with Gasteiger partial charge < -0.3 is 4.74 Å². The predicted octanol–water partition coefficient (Wildman–Crippen LogP) is 4.64. The highest BCUT2D eigenvalue weighted by atomic mass is 79.9. The highest BCUT2D eigenvalue weighted by molar-refractivity contribution is 9.10. The number of ether oxygens (including phenoxy) is 1. The van der Waals surface area contributed by atoms with Gasteiger partial charge in [-0.1, -0.05) is 22.0 Å². The maximum Gasteiger partial charge on any atom is 0.312 e. The fraction of sp³-hybridized carbons (Fsp3) is 0.133. The van der Waals surface area contributed by atoms with Crippen molar-refractivity contribution in [2.24, 2.45) is 0 Å². The van der Waals surface area contributed by atoms with E-state index < -0.39 is 4.92 Å². The molecule has 0 spiro atoms. The number of rotatable bonds is 3. The molecule has 0 unspecified atom stereocenters. The first-order valence-electron chi connectivity index (χ1n) is 6.05. The summed E-state index contributed by atoms with van der Waals surface area (Å²) >= 11 is 3.28. The first-order chi connectivity index (χ1) is 9.90. The minimum atomic E-state index is -0.474. The molecule has 0 bridgehead atoms. The first-order valence-corrected chi connectivity index (χ1v) is 6.84. The Bertz CT molecular complexity index is 766. The highest BCUT2D eigenvalue weighted by Crippen LogP contribution is 2.36. The lowest BCUT2D eigenvalue weighted by molar-refractivity contribution is -0.385. The van der Waals surface area contributed by atoms with Gasteiger partial charge in [-0.2, -0.15) is 5.26 Å².